The molecule has 1 nitrogen and oxygen atoms in total. The molecule has 1 aromatic carbocycles. The molecule has 11 heavy (non-hydrogen) atoms. The largest absolute Gasteiger partial charge is 1.00 e. The Bertz CT molecular complexity index is 208. The van der Waals surface area contributed by atoms with Crippen molar-refractivity contribution in [3.8, 4) is 5.75 Å². The maximum Gasteiger partial charge on any atom is 1.00 e. The van der Waals surface area contributed by atoms with E-state index in [1.807, 2.05) is 12.1 Å². The van der Waals surface area contributed by atoms with Crippen LogP contribution in [0.3, 0.4) is 0 Å². The molecule has 0 spiro atoms. The van der Waals surface area contributed by atoms with Crippen molar-refractivity contribution >= 4 is 0 Å². The van der Waals surface area contributed by atoms with Crippen molar-refractivity contribution in [2.75, 3.05) is 0 Å². The van der Waals surface area contributed by atoms with E-state index in [0.29, 0.717) is 11.7 Å². The topological polar surface area (TPSA) is 20.2 Å². The van der Waals surface area contributed by atoms with Gasteiger partial charge in [0.05, 0.1) is 0 Å². The minimum Gasteiger partial charge on any atom is -1.00 e. The van der Waals surface area contributed by atoms with Gasteiger partial charge in [0.1, 0.15) is 5.75 Å². The first-order chi connectivity index (χ1) is 4.70. The van der Waals surface area contributed by atoms with Crippen molar-refractivity contribution < 1.29 is 25.4 Å². The van der Waals surface area contributed by atoms with Crippen LogP contribution in [0.1, 0.15) is 26.8 Å². The van der Waals surface area contributed by atoms with E-state index in [1.165, 1.54) is 5.56 Å². The van der Waals surface area contributed by atoms with Crippen molar-refractivity contribution in [1.82, 2.24) is 0 Å². The Morgan fingerprint density at radius 2 is 1.64 bits per heavy atom. The monoisotopic (exact) mass is 144 g/mol. The summed E-state index contributed by atoms with van der Waals surface area (Å²) in [6.45, 7) is 4.26. The fourth-order valence-corrected chi connectivity index (χ4v) is 0.859. The van der Waals surface area contributed by atoms with Crippen LogP contribution < -0.4 is 18.9 Å². The van der Waals surface area contributed by atoms with E-state index >= 15 is 0 Å². The van der Waals surface area contributed by atoms with Crippen LogP contribution in [0.15, 0.2) is 24.3 Å². The predicted octanol–water partition coefficient (Wildman–Crippen LogP) is -0.368. The molecule has 1 rings (SSSR count). The second-order valence-electron chi connectivity index (χ2n) is 2.75. The van der Waals surface area contributed by atoms with Gasteiger partial charge in [-0.05, 0) is 23.6 Å². The Labute approximate surface area is 81.1 Å². The minimum atomic E-state index is 0. The maximum atomic E-state index is 8.94. The van der Waals surface area contributed by atoms with Crippen LogP contribution >= 0.6 is 0 Å². The van der Waals surface area contributed by atoms with Gasteiger partial charge in [-0.25, -0.2) is 0 Å². The van der Waals surface area contributed by atoms with Crippen molar-refractivity contribution in [3.05, 3.63) is 29.8 Å². The number of benzene rings is 1. The average Bonchev–Trinajstić information content (AvgIpc) is 1.88. The van der Waals surface area contributed by atoms with E-state index < -0.39 is 0 Å². The SMILES string of the molecule is CC(C)c1ccc(O)cc1.[H-].[Li+]. The third-order valence-electron chi connectivity index (χ3n) is 1.56. The van der Waals surface area contributed by atoms with E-state index in [9.17, 15) is 0 Å². The fourth-order valence-electron chi connectivity index (χ4n) is 0.859. The summed E-state index contributed by atoms with van der Waals surface area (Å²) in [6.07, 6.45) is 0. The van der Waals surface area contributed by atoms with Crippen LogP contribution in [-0.4, -0.2) is 5.11 Å². The summed E-state index contributed by atoms with van der Waals surface area (Å²) in [5, 5.41) is 8.94. The van der Waals surface area contributed by atoms with Gasteiger partial charge in [-0.15, -0.1) is 0 Å². The third kappa shape index (κ3) is 3.01. The summed E-state index contributed by atoms with van der Waals surface area (Å²) in [6, 6.07) is 7.32. The Kier molecular flexibility index (Phi) is 4.33. The third-order valence-corrected chi connectivity index (χ3v) is 1.56. The Balaban J connectivity index is 0. The molecule has 0 fully saturated rings. The van der Waals surface area contributed by atoms with Crippen molar-refractivity contribution in [3.63, 3.8) is 0 Å². The number of phenols is 1. The summed E-state index contributed by atoms with van der Waals surface area (Å²) in [5.41, 5.74) is 1.26. The standard InChI is InChI=1S/C9H12O.Li.H/c1-7(2)8-3-5-9(10)6-4-8;;/h3-7,10H,1-2H3;;/q;+1;-1. The quantitative estimate of drug-likeness (QED) is 0.533. The first-order valence-corrected chi connectivity index (χ1v) is 3.49. The molecule has 1 aromatic rings. The molecule has 56 valence electrons. The van der Waals surface area contributed by atoms with Crippen molar-refractivity contribution in [1.29, 1.82) is 0 Å². The average molecular weight is 144 g/mol. The minimum absolute atomic E-state index is 0. The van der Waals surface area contributed by atoms with Gasteiger partial charge >= 0.3 is 18.9 Å². The van der Waals surface area contributed by atoms with Crippen LogP contribution in [0.5, 0.6) is 5.75 Å². The van der Waals surface area contributed by atoms with Gasteiger partial charge in [-0.2, -0.15) is 0 Å². The molecule has 0 radical (unpaired) electrons. The first-order valence-electron chi connectivity index (χ1n) is 3.49. The zero-order valence-corrected chi connectivity index (χ0v) is 7.33. The predicted molar refractivity (Wildman–Crippen MR) is 43.3 cm³/mol. The number of hydrogen-bond donors (Lipinski definition) is 1. The van der Waals surface area contributed by atoms with Gasteiger partial charge in [0.2, 0.25) is 0 Å². The number of aromatic hydroxyl groups is 1. The Morgan fingerprint density at radius 1 is 1.18 bits per heavy atom. The molecular weight excluding hydrogens is 131 g/mol. The Hall–Kier alpha value is -0.383. The van der Waals surface area contributed by atoms with E-state index in [4.69, 9.17) is 5.11 Å². The van der Waals surface area contributed by atoms with Crippen LogP contribution in [0, 0.1) is 0 Å². The Morgan fingerprint density at radius 3 is 2.00 bits per heavy atom. The van der Waals surface area contributed by atoms with E-state index in [1.54, 1.807) is 12.1 Å². The normalized spacial score (nSPS) is 9.36. The van der Waals surface area contributed by atoms with E-state index in [-0.39, 0.29) is 20.3 Å². The van der Waals surface area contributed by atoms with Crippen LogP contribution in [0.25, 0.3) is 0 Å². The maximum absolute atomic E-state index is 8.94. The molecule has 0 aliphatic heterocycles. The van der Waals surface area contributed by atoms with Crippen LogP contribution in [0.2, 0.25) is 0 Å². The summed E-state index contributed by atoms with van der Waals surface area (Å²) < 4.78 is 0. The van der Waals surface area contributed by atoms with Crippen LogP contribution in [-0.2, 0) is 0 Å². The first kappa shape index (κ1) is 10.6. The number of hydrogen-bond acceptors (Lipinski definition) is 1. The number of rotatable bonds is 1. The van der Waals surface area contributed by atoms with Crippen molar-refractivity contribution in [2.45, 2.75) is 19.8 Å². The zero-order chi connectivity index (χ0) is 7.56. The molecule has 2 heteroatoms. The van der Waals surface area contributed by atoms with Crippen LogP contribution in [0.4, 0.5) is 0 Å². The molecule has 0 saturated heterocycles. The van der Waals surface area contributed by atoms with Gasteiger partial charge in [0.15, 0.2) is 0 Å². The molecule has 0 heterocycles. The molecule has 0 bridgehead atoms. The van der Waals surface area contributed by atoms with Gasteiger partial charge in [0, 0.05) is 0 Å². The molecule has 0 aromatic heterocycles. The molecule has 0 amide bonds. The summed E-state index contributed by atoms with van der Waals surface area (Å²) in [4.78, 5) is 0. The number of phenolic OH excluding ortho intramolecular Hbond substituents is 1. The molecular formula is C9H13LiO. The summed E-state index contributed by atoms with van der Waals surface area (Å²) in [5.74, 6) is 0.880. The molecule has 1 N–H and O–H groups in total. The summed E-state index contributed by atoms with van der Waals surface area (Å²) in [7, 11) is 0. The second kappa shape index (κ2) is 4.49. The molecule has 0 saturated carbocycles. The van der Waals surface area contributed by atoms with Crippen molar-refractivity contribution in [2.24, 2.45) is 0 Å². The zero-order valence-electron chi connectivity index (χ0n) is 8.33. The van der Waals surface area contributed by atoms with E-state index in [2.05, 4.69) is 13.8 Å². The van der Waals surface area contributed by atoms with Gasteiger partial charge in [0.25, 0.3) is 0 Å². The molecule has 0 atom stereocenters. The molecule has 0 unspecified atom stereocenters. The van der Waals surface area contributed by atoms with Gasteiger partial charge in [-0.3, -0.25) is 0 Å². The summed E-state index contributed by atoms with van der Waals surface area (Å²) >= 11 is 0. The molecule has 0 aliphatic carbocycles. The van der Waals surface area contributed by atoms with E-state index in [0.717, 1.165) is 0 Å². The van der Waals surface area contributed by atoms with Gasteiger partial charge < -0.3 is 6.53 Å². The second-order valence-corrected chi connectivity index (χ2v) is 2.75. The fraction of sp³-hybridized carbons (Fsp3) is 0.333. The molecule has 0 aliphatic rings. The smallest absolute Gasteiger partial charge is 1.00 e. The van der Waals surface area contributed by atoms with Gasteiger partial charge in [-0.1, -0.05) is 26.0 Å².